The van der Waals surface area contributed by atoms with Crippen LogP contribution in [0.25, 0.3) is 11.3 Å². The van der Waals surface area contributed by atoms with Crippen molar-refractivity contribution in [2.24, 2.45) is 0 Å². The Bertz CT molecular complexity index is 688. The lowest BCUT2D eigenvalue weighted by atomic mass is 10.1. The Morgan fingerprint density at radius 1 is 1.41 bits per heavy atom. The van der Waals surface area contributed by atoms with Gasteiger partial charge in [0, 0.05) is 30.2 Å². The number of halogens is 1. The van der Waals surface area contributed by atoms with E-state index in [4.69, 9.17) is 16.3 Å². The molecular formula is C14H16ClN5O2. The predicted octanol–water partition coefficient (Wildman–Crippen LogP) is 1.63. The first-order valence-electron chi connectivity index (χ1n) is 6.94. The molecule has 0 bridgehead atoms. The van der Waals surface area contributed by atoms with Gasteiger partial charge in [-0.05, 0) is 18.2 Å². The Morgan fingerprint density at radius 2 is 2.27 bits per heavy atom. The van der Waals surface area contributed by atoms with Crippen molar-refractivity contribution in [3.05, 3.63) is 29.4 Å². The van der Waals surface area contributed by atoms with Crippen LogP contribution in [-0.2, 0) is 6.54 Å². The van der Waals surface area contributed by atoms with Crippen LogP contribution < -0.4 is 10.1 Å². The molecule has 2 heterocycles. The molecule has 116 valence electrons. The van der Waals surface area contributed by atoms with E-state index in [2.05, 4.69) is 15.6 Å². The molecule has 0 spiro atoms. The van der Waals surface area contributed by atoms with Crippen LogP contribution in [0.4, 0.5) is 4.79 Å². The van der Waals surface area contributed by atoms with Crippen LogP contribution in [0.15, 0.2) is 24.4 Å². The number of nitrogens with zero attached hydrogens (tertiary/aromatic N) is 4. The van der Waals surface area contributed by atoms with Crippen LogP contribution in [-0.4, -0.2) is 52.7 Å². The molecule has 22 heavy (non-hydrogen) atoms. The Kier molecular flexibility index (Phi) is 4.15. The zero-order valence-electron chi connectivity index (χ0n) is 12.1. The Hall–Kier alpha value is -2.28. The number of methoxy groups -OCH3 is 1. The molecule has 1 saturated heterocycles. The molecule has 8 heteroatoms. The van der Waals surface area contributed by atoms with E-state index in [-0.39, 0.29) is 6.03 Å². The predicted molar refractivity (Wildman–Crippen MR) is 82.0 cm³/mol. The zero-order valence-corrected chi connectivity index (χ0v) is 12.9. The van der Waals surface area contributed by atoms with Crippen molar-refractivity contribution in [2.45, 2.75) is 6.54 Å². The van der Waals surface area contributed by atoms with E-state index in [0.717, 1.165) is 12.1 Å². The maximum Gasteiger partial charge on any atom is 0.317 e. The standard InChI is InChI=1S/C14H16ClN5O2/c1-22-13-3-2-10(15)8-11(13)12-9-20(18-17-12)7-6-19-5-4-16-14(19)21/h2-3,8-9H,4-7H2,1H3,(H,16,21). The van der Waals surface area contributed by atoms with Crippen molar-refractivity contribution in [1.82, 2.24) is 25.2 Å². The number of benzene rings is 1. The van der Waals surface area contributed by atoms with Crippen LogP contribution in [0.5, 0.6) is 5.75 Å². The van der Waals surface area contributed by atoms with Gasteiger partial charge in [0.25, 0.3) is 0 Å². The van der Waals surface area contributed by atoms with Crippen LogP contribution >= 0.6 is 11.6 Å². The Morgan fingerprint density at radius 3 is 3.00 bits per heavy atom. The van der Waals surface area contributed by atoms with E-state index in [1.54, 1.807) is 34.9 Å². The van der Waals surface area contributed by atoms with Crippen molar-refractivity contribution >= 4 is 17.6 Å². The summed E-state index contributed by atoms with van der Waals surface area (Å²) >= 11 is 6.03. The summed E-state index contributed by atoms with van der Waals surface area (Å²) in [6, 6.07) is 5.32. The number of carbonyl (C=O) groups is 1. The lowest BCUT2D eigenvalue weighted by Crippen LogP contribution is -2.31. The van der Waals surface area contributed by atoms with Crippen molar-refractivity contribution in [1.29, 1.82) is 0 Å². The molecule has 1 aliphatic heterocycles. The number of aromatic nitrogens is 3. The highest BCUT2D eigenvalue weighted by atomic mass is 35.5. The van der Waals surface area contributed by atoms with Crippen molar-refractivity contribution in [3.8, 4) is 17.0 Å². The molecule has 1 aliphatic rings. The second-order valence-corrected chi connectivity index (χ2v) is 5.37. The average molecular weight is 322 g/mol. The molecule has 0 unspecified atom stereocenters. The summed E-state index contributed by atoms with van der Waals surface area (Å²) in [5.41, 5.74) is 1.48. The lowest BCUT2D eigenvalue weighted by molar-refractivity contribution is 0.215. The minimum absolute atomic E-state index is 0.0307. The molecule has 0 radical (unpaired) electrons. The van der Waals surface area contributed by atoms with E-state index >= 15 is 0 Å². The molecule has 7 nitrogen and oxygen atoms in total. The van der Waals surface area contributed by atoms with E-state index in [1.165, 1.54) is 0 Å². The Labute approximate surface area is 132 Å². The number of carbonyl (C=O) groups excluding carboxylic acids is 1. The summed E-state index contributed by atoms with van der Waals surface area (Å²) in [6.45, 7) is 2.61. The average Bonchev–Trinajstić information content (AvgIpc) is 3.14. The lowest BCUT2D eigenvalue weighted by Gasteiger charge is -2.13. The first-order valence-corrected chi connectivity index (χ1v) is 7.32. The maximum absolute atomic E-state index is 11.5. The third-order valence-electron chi connectivity index (χ3n) is 3.52. The number of nitrogens with one attached hydrogen (secondary N) is 1. The maximum atomic E-state index is 11.5. The fraction of sp³-hybridized carbons (Fsp3) is 0.357. The Balaban J connectivity index is 1.73. The highest BCUT2D eigenvalue weighted by Gasteiger charge is 2.19. The minimum Gasteiger partial charge on any atom is -0.496 e. The van der Waals surface area contributed by atoms with E-state index in [9.17, 15) is 4.79 Å². The van der Waals surface area contributed by atoms with Gasteiger partial charge in [-0.3, -0.25) is 4.68 Å². The second kappa shape index (κ2) is 6.23. The summed E-state index contributed by atoms with van der Waals surface area (Å²) in [5, 5.41) is 11.6. The highest BCUT2D eigenvalue weighted by molar-refractivity contribution is 6.30. The molecular weight excluding hydrogens is 306 g/mol. The van der Waals surface area contributed by atoms with Crippen LogP contribution in [0, 0.1) is 0 Å². The van der Waals surface area contributed by atoms with Gasteiger partial charge in [0.1, 0.15) is 11.4 Å². The quantitative estimate of drug-likeness (QED) is 0.908. The van der Waals surface area contributed by atoms with Crippen molar-refractivity contribution in [2.75, 3.05) is 26.7 Å². The number of hydrogen-bond donors (Lipinski definition) is 1. The molecule has 0 aliphatic carbocycles. The highest BCUT2D eigenvalue weighted by Crippen LogP contribution is 2.30. The normalized spacial score (nSPS) is 14.3. The number of ether oxygens (including phenoxy) is 1. The van der Waals surface area contributed by atoms with Gasteiger partial charge in [-0.15, -0.1) is 5.10 Å². The van der Waals surface area contributed by atoms with Crippen LogP contribution in [0.1, 0.15) is 0 Å². The molecule has 3 rings (SSSR count). The van der Waals surface area contributed by atoms with Gasteiger partial charge < -0.3 is 15.0 Å². The van der Waals surface area contributed by atoms with Crippen LogP contribution in [0.3, 0.4) is 0 Å². The van der Waals surface area contributed by atoms with Gasteiger partial charge in [-0.1, -0.05) is 16.8 Å². The number of hydrogen-bond acceptors (Lipinski definition) is 4. The number of rotatable bonds is 5. The van der Waals surface area contributed by atoms with Crippen molar-refractivity contribution in [3.63, 3.8) is 0 Å². The van der Waals surface area contributed by atoms with Gasteiger partial charge >= 0.3 is 6.03 Å². The molecule has 1 N–H and O–H groups in total. The minimum atomic E-state index is -0.0307. The summed E-state index contributed by atoms with van der Waals surface area (Å²) in [5.74, 6) is 0.690. The van der Waals surface area contributed by atoms with Gasteiger partial charge in [-0.2, -0.15) is 0 Å². The molecule has 2 aromatic rings. The molecule has 0 saturated carbocycles. The third kappa shape index (κ3) is 2.99. The second-order valence-electron chi connectivity index (χ2n) is 4.93. The molecule has 2 amide bonds. The van der Waals surface area contributed by atoms with E-state index < -0.39 is 0 Å². The molecule has 1 aromatic heterocycles. The summed E-state index contributed by atoms with van der Waals surface area (Å²) in [4.78, 5) is 13.2. The van der Waals surface area contributed by atoms with E-state index in [0.29, 0.717) is 36.1 Å². The largest absolute Gasteiger partial charge is 0.496 e. The SMILES string of the molecule is COc1ccc(Cl)cc1-c1cn(CCN2CCNC2=O)nn1. The van der Waals surface area contributed by atoms with E-state index in [1.807, 2.05) is 6.20 Å². The van der Waals surface area contributed by atoms with Gasteiger partial charge in [-0.25, -0.2) is 4.79 Å². The van der Waals surface area contributed by atoms with Gasteiger partial charge in [0.15, 0.2) is 0 Å². The zero-order chi connectivity index (χ0) is 15.5. The molecule has 1 fully saturated rings. The number of urea groups is 1. The topological polar surface area (TPSA) is 72.3 Å². The van der Waals surface area contributed by atoms with Crippen molar-refractivity contribution < 1.29 is 9.53 Å². The molecule has 0 atom stereocenters. The first kappa shape index (κ1) is 14.6. The summed E-state index contributed by atoms with van der Waals surface area (Å²) in [7, 11) is 1.60. The fourth-order valence-corrected chi connectivity index (χ4v) is 2.53. The van der Waals surface area contributed by atoms with Crippen LogP contribution in [0.2, 0.25) is 5.02 Å². The third-order valence-corrected chi connectivity index (χ3v) is 3.76. The summed E-state index contributed by atoms with van der Waals surface area (Å²) in [6.07, 6.45) is 1.82. The molecule has 1 aromatic carbocycles. The smallest absolute Gasteiger partial charge is 0.317 e. The first-order chi connectivity index (χ1) is 10.7. The monoisotopic (exact) mass is 321 g/mol. The fourth-order valence-electron chi connectivity index (χ4n) is 2.36. The number of amides is 2. The summed E-state index contributed by atoms with van der Waals surface area (Å²) < 4.78 is 7.03. The van der Waals surface area contributed by atoms with Gasteiger partial charge in [0.2, 0.25) is 0 Å². The van der Waals surface area contributed by atoms with Gasteiger partial charge in [0.05, 0.1) is 19.9 Å².